The van der Waals surface area contributed by atoms with Crippen LogP contribution in [-0.4, -0.2) is 32.2 Å². The van der Waals surface area contributed by atoms with Crippen LogP contribution in [0, 0.1) is 0 Å². The first-order valence-corrected chi connectivity index (χ1v) is 7.36. The van der Waals surface area contributed by atoms with Gasteiger partial charge in [0.05, 0.1) is 24.6 Å². The number of pyridine rings is 1. The minimum absolute atomic E-state index is 0.111. The average molecular weight is 363 g/mol. The molecule has 2 heterocycles. The van der Waals surface area contributed by atoms with E-state index in [0.29, 0.717) is 5.69 Å². The number of carbonyl (C=O) groups excluding carboxylic acids is 1. The van der Waals surface area contributed by atoms with Gasteiger partial charge in [-0.05, 0) is 36.4 Å². The molecule has 26 heavy (non-hydrogen) atoms. The predicted molar refractivity (Wildman–Crippen MR) is 83.4 cm³/mol. The number of ether oxygens (including phenoxy) is 1. The van der Waals surface area contributed by atoms with Gasteiger partial charge in [0.15, 0.2) is 0 Å². The lowest BCUT2D eigenvalue weighted by atomic mass is 10.2. The second-order valence-corrected chi connectivity index (χ2v) is 5.12. The van der Waals surface area contributed by atoms with Crippen LogP contribution < -0.4 is 10.1 Å². The highest BCUT2D eigenvalue weighted by Crippen LogP contribution is 2.22. The predicted octanol–water partition coefficient (Wildman–Crippen LogP) is 2.49. The molecule has 134 valence electrons. The highest BCUT2D eigenvalue weighted by Gasteiger charge is 2.31. The zero-order chi connectivity index (χ0) is 18.6. The summed E-state index contributed by atoms with van der Waals surface area (Å²) in [5, 5.41) is 10.5. The van der Waals surface area contributed by atoms with E-state index in [-0.39, 0.29) is 12.1 Å². The van der Waals surface area contributed by atoms with Crippen molar-refractivity contribution in [2.45, 2.75) is 12.9 Å². The highest BCUT2D eigenvalue weighted by atomic mass is 19.4. The largest absolute Gasteiger partial charge is 0.573 e. The smallest absolute Gasteiger partial charge is 0.406 e. The second-order valence-electron chi connectivity index (χ2n) is 5.12. The van der Waals surface area contributed by atoms with Crippen molar-refractivity contribution < 1.29 is 22.7 Å². The Bertz CT molecular complexity index is 879. The molecule has 1 aromatic carbocycles. The molecule has 0 unspecified atom stereocenters. The molecule has 2 aromatic heterocycles. The van der Waals surface area contributed by atoms with Gasteiger partial charge < -0.3 is 10.1 Å². The van der Waals surface area contributed by atoms with Crippen LogP contribution in [0.4, 0.5) is 13.2 Å². The zero-order valence-corrected chi connectivity index (χ0v) is 13.1. The van der Waals surface area contributed by atoms with Crippen LogP contribution in [0.25, 0.3) is 5.69 Å². The van der Waals surface area contributed by atoms with Gasteiger partial charge in [-0.3, -0.25) is 9.78 Å². The zero-order valence-electron chi connectivity index (χ0n) is 13.1. The van der Waals surface area contributed by atoms with Crippen molar-refractivity contribution in [3.05, 3.63) is 66.2 Å². The van der Waals surface area contributed by atoms with Crippen LogP contribution in [0.5, 0.6) is 5.75 Å². The molecule has 10 heteroatoms. The van der Waals surface area contributed by atoms with Gasteiger partial charge in [0.25, 0.3) is 5.91 Å². The number of halogens is 3. The van der Waals surface area contributed by atoms with E-state index >= 15 is 0 Å². The summed E-state index contributed by atoms with van der Waals surface area (Å²) in [7, 11) is 0. The van der Waals surface area contributed by atoms with Gasteiger partial charge in [-0.2, -0.15) is 0 Å². The number of aromatic nitrogens is 4. The Labute approximate surface area is 145 Å². The lowest BCUT2D eigenvalue weighted by molar-refractivity contribution is -0.274. The van der Waals surface area contributed by atoms with Crippen LogP contribution in [-0.2, 0) is 6.54 Å². The van der Waals surface area contributed by atoms with Crippen molar-refractivity contribution in [2.75, 3.05) is 0 Å². The number of nitrogens with zero attached hydrogens (tertiary/aromatic N) is 4. The molecule has 0 spiro atoms. The van der Waals surface area contributed by atoms with Gasteiger partial charge in [-0.25, -0.2) is 4.68 Å². The van der Waals surface area contributed by atoms with E-state index < -0.39 is 18.0 Å². The maximum Gasteiger partial charge on any atom is 0.573 e. The standard InChI is InChI=1S/C16H12F3N5O2/c17-16(18,19)26-14-5-3-11(4-6-14)15(25)21-8-12-10-24(23-22-12)13-2-1-7-20-9-13/h1-7,9-10H,8H2,(H,21,25). The monoisotopic (exact) mass is 363 g/mol. The van der Waals surface area contributed by atoms with Crippen molar-refractivity contribution in [1.82, 2.24) is 25.3 Å². The summed E-state index contributed by atoms with van der Waals surface area (Å²) in [5.74, 6) is -0.854. The number of rotatable bonds is 5. The fourth-order valence-corrected chi connectivity index (χ4v) is 2.08. The normalized spacial score (nSPS) is 11.2. The van der Waals surface area contributed by atoms with E-state index in [1.165, 1.54) is 16.8 Å². The van der Waals surface area contributed by atoms with Gasteiger partial charge in [0.1, 0.15) is 11.4 Å². The second kappa shape index (κ2) is 7.21. The van der Waals surface area contributed by atoms with E-state index in [1.54, 1.807) is 30.7 Å². The Morgan fingerprint density at radius 1 is 1.19 bits per heavy atom. The van der Waals surface area contributed by atoms with E-state index in [2.05, 4.69) is 25.3 Å². The number of alkyl halides is 3. The van der Waals surface area contributed by atoms with Crippen molar-refractivity contribution in [2.24, 2.45) is 0 Å². The molecule has 3 rings (SSSR count). The fraction of sp³-hybridized carbons (Fsp3) is 0.125. The van der Waals surface area contributed by atoms with Gasteiger partial charge in [0.2, 0.25) is 0 Å². The number of hydrogen-bond donors (Lipinski definition) is 1. The van der Waals surface area contributed by atoms with E-state index in [1.807, 2.05) is 0 Å². The number of carbonyl (C=O) groups is 1. The first-order chi connectivity index (χ1) is 12.4. The van der Waals surface area contributed by atoms with Crippen molar-refractivity contribution in [3.63, 3.8) is 0 Å². The van der Waals surface area contributed by atoms with Crippen LogP contribution in [0.3, 0.4) is 0 Å². The fourth-order valence-electron chi connectivity index (χ4n) is 2.08. The molecule has 7 nitrogen and oxygen atoms in total. The Hall–Kier alpha value is -3.43. The first-order valence-electron chi connectivity index (χ1n) is 7.36. The maximum atomic E-state index is 12.1. The third kappa shape index (κ3) is 4.56. The van der Waals surface area contributed by atoms with Crippen molar-refractivity contribution in [1.29, 1.82) is 0 Å². The molecule has 0 fully saturated rings. The average Bonchev–Trinajstić information content (AvgIpc) is 3.09. The summed E-state index contributed by atoms with van der Waals surface area (Å²) in [6, 6.07) is 8.17. The van der Waals surface area contributed by atoms with Gasteiger partial charge in [0, 0.05) is 11.8 Å². The molecule has 1 amide bonds. The Kier molecular flexibility index (Phi) is 4.83. The molecular formula is C16H12F3N5O2. The summed E-state index contributed by atoms with van der Waals surface area (Å²) >= 11 is 0. The number of hydrogen-bond acceptors (Lipinski definition) is 5. The summed E-state index contributed by atoms with van der Waals surface area (Å²) in [6.45, 7) is 0.111. The lowest BCUT2D eigenvalue weighted by Gasteiger charge is -2.09. The molecular weight excluding hydrogens is 351 g/mol. The molecule has 0 bridgehead atoms. The Morgan fingerprint density at radius 2 is 1.96 bits per heavy atom. The molecule has 0 aliphatic carbocycles. The van der Waals surface area contributed by atoms with E-state index in [4.69, 9.17) is 0 Å². The summed E-state index contributed by atoms with van der Waals surface area (Å²) in [5.41, 5.74) is 1.43. The summed E-state index contributed by atoms with van der Waals surface area (Å²) in [4.78, 5) is 16.0. The molecule has 1 N–H and O–H groups in total. The van der Waals surface area contributed by atoms with Crippen LogP contribution >= 0.6 is 0 Å². The number of nitrogens with one attached hydrogen (secondary N) is 1. The number of amides is 1. The van der Waals surface area contributed by atoms with Crippen molar-refractivity contribution in [3.8, 4) is 11.4 Å². The minimum Gasteiger partial charge on any atom is -0.406 e. The summed E-state index contributed by atoms with van der Waals surface area (Å²) in [6.07, 6.45) is 0.107. The number of benzene rings is 1. The third-order valence-corrected chi connectivity index (χ3v) is 3.23. The van der Waals surface area contributed by atoms with Crippen LogP contribution in [0.1, 0.15) is 16.1 Å². The first kappa shape index (κ1) is 17.4. The SMILES string of the molecule is O=C(NCc1cn(-c2cccnc2)nn1)c1ccc(OC(F)(F)F)cc1. The van der Waals surface area contributed by atoms with Crippen LogP contribution in [0.2, 0.25) is 0 Å². The maximum absolute atomic E-state index is 12.1. The topological polar surface area (TPSA) is 81.9 Å². The Morgan fingerprint density at radius 3 is 2.62 bits per heavy atom. The van der Waals surface area contributed by atoms with Crippen LogP contribution in [0.15, 0.2) is 55.0 Å². The molecule has 0 saturated heterocycles. The van der Waals surface area contributed by atoms with E-state index in [0.717, 1.165) is 17.8 Å². The lowest BCUT2D eigenvalue weighted by Crippen LogP contribution is -2.23. The highest BCUT2D eigenvalue weighted by molar-refractivity contribution is 5.94. The Balaban J connectivity index is 1.58. The molecule has 0 saturated carbocycles. The molecule has 3 aromatic rings. The molecule has 0 aliphatic heterocycles. The van der Waals surface area contributed by atoms with Gasteiger partial charge in [-0.15, -0.1) is 18.3 Å². The van der Waals surface area contributed by atoms with Crippen molar-refractivity contribution >= 4 is 5.91 Å². The van der Waals surface area contributed by atoms with E-state index in [9.17, 15) is 18.0 Å². The summed E-state index contributed by atoms with van der Waals surface area (Å²) < 4.78 is 41.6. The molecule has 0 aliphatic rings. The van der Waals surface area contributed by atoms with Gasteiger partial charge in [-0.1, -0.05) is 5.21 Å². The quantitative estimate of drug-likeness (QED) is 0.753. The van der Waals surface area contributed by atoms with Gasteiger partial charge >= 0.3 is 6.36 Å². The minimum atomic E-state index is -4.77. The third-order valence-electron chi connectivity index (χ3n) is 3.23. The molecule has 0 atom stereocenters. The molecule has 0 radical (unpaired) electrons.